The van der Waals surface area contributed by atoms with Gasteiger partial charge in [-0.15, -0.1) is 5.10 Å². The maximum Gasteiger partial charge on any atom is 0.278 e. The first kappa shape index (κ1) is 20.0. The van der Waals surface area contributed by atoms with Gasteiger partial charge in [0.05, 0.1) is 27.5 Å². The third-order valence-corrected chi connectivity index (χ3v) is 5.51. The second-order valence-corrected chi connectivity index (χ2v) is 7.57. The third-order valence-electron chi connectivity index (χ3n) is 5.18. The van der Waals surface area contributed by atoms with Crippen LogP contribution >= 0.6 is 11.6 Å². The number of hydrogen-bond acceptors (Lipinski definition) is 5. The summed E-state index contributed by atoms with van der Waals surface area (Å²) in [4.78, 5) is 12.9. The number of benzene rings is 3. The first-order valence-electron chi connectivity index (χ1n) is 10.1. The van der Waals surface area contributed by atoms with Crippen molar-refractivity contribution in [3.05, 3.63) is 89.2 Å². The van der Waals surface area contributed by atoms with E-state index in [9.17, 15) is 4.79 Å². The number of nitrogens with zero attached hydrogens (tertiary/aromatic N) is 4. The molecule has 2 aromatic heterocycles. The molecule has 5 rings (SSSR count). The minimum atomic E-state index is -0.364. The Morgan fingerprint density at radius 1 is 1.06 bits per heavy atom. The summed E-state index contributed by atoms with van der Waals surface area (Å²) in [5.41, 5.74) is 3.89. The molecule has 0 bridgehead atoms. The topological polar surface area (TPSA) is 85.8 Å². The average Bonchev–Trinajstić information content (AvgIpc) is 3.45. The average molecular weight is 444 g/mol. The molecule has 0 fully saturated rings. The quantitative estimate of drug-likeness (QED) is 0.385. The lowest BCUT2D eigenvalue weighted by molar-refractivity contribution is 0.102. The van der Waals surface area contributed by atoms with E-state index in [4.69, 9.17) is 16.1 Å². The number of aromatic nitrogens is 4. The largest absolute Gasteiger partial charge is 0.355 e. The first-order valence-corrected chi connectivity index (χ1v) is 10.5. The number of nitrogens with one attached hydrogen (secondary N) is 1. The highest BCUT2D eigenvalue weighted by atomic mass is 35.5. The third kappa shape index (κ3) is 3.52. The van der Waals surface area contributed by atoms with E-state index in [2.05, 4.69) is 20.8 Å². The lowest BCUT2D eigenvalue weighted by Gasteiger charge is -2.08. The summed E-state index contributed by atoms with van der Waals surface area (Å²) < 4.78 is 7.27. The molecule has 7 nitrogen and oxygen atoms in total. The Morgan fingerprint density at radius 3 is 2.62 bits per heavy atom. The fourth-order valence-electron chi connectivity index (χ4n) is 3.61. The summed E-state index contributed by atoms with van der Waals surface area (Å²) in [6, 6.07) is 22.5. The highest BCUT2D eigenvalue weighted by molar-refractivity contribution is 6.33. The van der Waals surface area contributed by atoms with Gasteiger partial charge < -0.3 is 9.84 Å². The summed E-state index contributed by atoms with van der Waals surface area (Å²) in [6.07, 6.45) is 0.561. The summed E-state index contributed by atoms with van der Waals surface area (Å²) >= 11 is 6.17. The molecule has 158 valence electrons. The van der Waals surface area contributed by atoms with Crippen LogP contribution in [0, 0.1) is 0 Å². The lowest BCUT2D eigenvalue weighted by Crippen LogP contribution is -2.15. The molecule has 3 aromatic carbocycles. The molecule has 0 saturated heterocycles. The van der Waals surface area contributed by atoms with Crippen molar-refractivity contribution in [2.24, 2.45) is 0 Å². The number of amides is 1. The molecule has 8 heteroatoms. The van der Waals surface area contributed by atoms with E-state index in [0.717, 1.165) is 22.2 Å². The number of hydrogen-bond donors (Lipinski definition) is 1. The zero-order valence-corrected chi connectivity index (χ0v) is 17.9. The van der Waals surface area contributed by atoms with Crippen LogP contribution in [0.1, 0.15) is 23.1 Å². The number of para-hydroxylation sites is 1. The molecule has 0 saturated carbocycles. The number of carbonyl (C=O) groups is 1. The summed E-state index contributed by atoms with van der Waals surface area (Å²) in [6.45, 7) is 1.95. The molecule has 0 aliphatic heterocycles. The Balaban J connectivity index is 1.53. The molecule has 2 heterocycles. The molecule has 0 unspecified atom stereocenters. The van der Waals surface area contributed by atoms with E-state index in [1.807, 2.05) is 55.5 Å². The van der Waals surface area contributed by atoms with E-state index in [1.54, 1.807) is 28.9 Å². The monoisotopic (exact) mass is 443 g/mol. The number of rotatable bonds is 5. The van der Waals surface area contributed by atoms with Crippen molar-refractivity contribution in [3.63, 3.8) is 0 Å². The van der Waals surface area contributed by atoms with E-state index in [-0.39, 0.29) is 11.6 Å². The Bertz CT molecular complexity index is 1430. The number of halogens is 1. The highest BCUT2D eigenvalue weighted by Gasteiger charge is 2.21. The summed E-state index contributed by atoms with van der Waals surface area (Å²) in [7, 11) is 0. The van der Waals surface area contributed by atoms with Crippen LogP contribution in [0.4, 0.5) is 5.69 Å². The second-order valence-electron chi connectivity index (χ2n) is 7.16. The van der Waals surface area contributed by atoms with Crippen LogP contribution in [0.5, 0.6) is 0 Å². The Morgan fingerprint density at radius 2 is 1.84 bits per heavy atom. The van der Waals surface area contributed by atoms with Gasteiger partial charge in [0, 0.05) is 5.56 Å². The van der Waals surface area contributed by atoms with Crippen molar-refractivity contribution in [1.82, 2.24) is 20.2 Å². The van der Waals surface area contributed by atoms with E-state index in [0.29, 0.717) is 28.6 Å². The van der Waals surface area contributed by atoms with Gasteiger partial charge in [-0.25, -0.2) is 4.68 Å². The number of fused-ring (bicyclic) bond motifs is 1. The van der Waals surface area contributed by atoms with Gasteiger partial charge in [-0.2, -0.15) is 0 Å². The van der Waals surface area contributed by atoms with Gasteiger partial charge in [-0.05, 0) is 36.8 Å². The minimum absolute atomic E-state index is 0.251. The SMILES string of the molecule is CCc1c(C(=O)Nc2ccccc2Cl)nnn1-c1ccc2noc(-c3ccccc3)c2c1. The van der Waals surface area contributed by atoms with E-state index < -0.39 is 0 Å². The smallest absolute Gasteiger partial charge is 0.278 e. The van der Waals surface area contributed by atoms with Crippen LogP contribution in [0.3, 0.4) is 0 Å². The maximum absolute atomic E-state index is 12.9. The van der Waals surface area contributed by atoms with Gasteiger partial charge in [0.25, 0.3) is 5.91 Å². The second kappa shape index (κ2) is 8.28. The molecular formula is C24H18ClN5O2. The van der Waals surface area contributed by atoms with E-state index >= 15 is 0 Å². The zero-order chi connectivity index (χ0) is 22.1. The normalized spacial score (nSPS) is 11.1. The van der Waals surface area contributed by atoms with Gasteiger partial charge >= 0.3 is 0 Å². The van der Waals surface area contributed by atoms with Crippen molar-refractivity contribution < 1.29 is 9.32 Å². The molecule has 1 amide bonds. The van der Waals surface area contributed by atoms with Crippen LogP contribution in [0.15, 0.2) is 77.3 Å². The van der Waals surface area contributed by atoms with Crippen LogP contribution in [0.2, 0.25) is 5.02 Å². The molecule has 5 aromatic rings. The zero-order valence-electron chi connectivity index (χ0n) is 17.1. The van der Waals surface area contributed by atoms with Crippen molar-refractivity contribution in [2.45, 2.75) is 13.3 Å². The predicted molar refractivity (Wildman–Crippen MR) is 123 cm³/mol. The summed E-state index contributed by atoms with van der Waals surface area (Å²) in [5, 5.41) is 16.7. The van der Waals surface area contributed by atoms with Gasteiger partial charge in [0.15, 0.2) is 11.5 Å². The Hall–Kier alpha value is -3.97. The Kier molecular flexibility index (Phi) is 5.17. The molecule has 0 spiro atoms. The van der Waals surface area contributed by atoms with Gasteiger partial charge in [0.1, 0.15) is 5.52 Å². The predicted octanol–water partition coefficient (Wildman–Crippen LogP) is 5.54. The van der Waals surface area contributed by atoms with Crippen molar-refractivity contribution in [1.29, 1.82) is 0 Å². The standard InChI is InChI=1S/C24H18ClN5O2/c1-2-21-22(24(31)26-20-11-7-6-10-18(20)25)27-29-30(21)16-12-13-19-17(14-16)23(32-28-19)15-8-4-3-5-9-15/h3-14H,2H2,1H3,(H,26,31). The van der Waals surface area contributed by atoms with Gasteiger partial charge in [0.2, 0.25) is 0 Å². The van der Waals surface area contributed by atoms with Crippen molar-refractivity contribution >= 4 is 34.1 Å². The lowest BCUT2D eigenvalue weighted by atomic mass is 10.1. The van der Waals surface area contributed by atoms with Crippen LogP contribution in [-0.2, 0) is 6.42 Å². The fourth-order valence-corrected chi connectivity index (χ4v) is 3.79. The Labute approximate surface area is 188 Å². The molecule has 0 aliphatic carbocycles. The molecular weight excluding hydrogens is 426 g/mol. The van der Waals surface area contributed by atoms with Gasteiger partial charge in [-0.3, -0.25) is 4.79 Å². The molecule has 0 radical (unpaired) electrons. The number of carbonyl (C=O) groups excluding carboxylic acids is 1. The summed E-state index contributed by atoms with van der Waals surface area (Å²) in [5.74, 6) is 0.314. The first-order chi connectivity index (χ1) is 15.7. The van der Waals surface area contributed by atoms with E-state index in [1.165, 1.54) is 0 Å². The molecule has 32 heavy (non-hydrogen) atoms. The highest BCUT2D eigenvalue weighted by Crippen LogP contribution is 2.30. The molecule has 1 N–H and O–H groups in total. The van der Waals surface area contributed by atoms with Crippen LogP contribution in [0.25, 0.3) is 27.9 Å². The van der Waals surface area contributed by atoms with Crippen LogP contribution < -0.4 is 5.32 Å². The van der Waals surface area contributed by atoms with Crippen molar-refractivity contribution in [2.75, 3.05) is 5.32 Å². The van der Waals surface area contributed by atoms with Crippen LogP contribution in [-0.4, -0.2) is 26.1 Å². The number of anilines is 1. The van der Waals surface area contributed by atoms with Gasteiger partial charge in [-0.1, -0.05) is 71.4 Å². The minimum Gasteiger partial charge on any atom is -0.355 e. The molecule has 0 atom stereocenters. The maximum atomic E-state index is 12.9. The van der Waals surface area contributed by atoms with Crippen molar-refractivity contribution in [3.8, 4) is 17.0 Å². The fraction of sp³-hybridized carbons (Fsp3) is 0.0833. The molecule has 0 aliphatic rings.